The number of piperazine rings is 1. The lowest BCUT2D eigenvalue weighted by Crippen LogP contribution is -2.59. The third kappa shape index (κ3) is 26.8. The lowest BCUT2D eigenvalue weighted by atomic mass is 10.0. The van der Waals surface area contributed by atoms with Gasteiger partial charge in [-0.1, -0.05) is 168 Å². The van der Waals surface area contributed by atoms with Crippen LogP contribution in [0.15, 0.2) is 0 Å². The maximum absolute atomic E-state index is 12.6. The van der Waals surface area contributed by atoms with E-state index in [2.05, 4.69) is 24.1 Å². The van der Waals surface area contributed by atoms with Gasteiger partial charge in [-0.15, -0.1) is 17.0 Å². The number of hydrogen-bond acceptors (Lipinski definition) is 6. The van der Waals surface area contributed by atoms with Crippen LogP contribution in [0, 0.1) is 0 Å². The van der Waals surface area contributed by atoms with Crippen molar-refractivity contribution in [3.63, 3.8) is 0 Å². The van der Waals surface area contributed by atoms with Gasteiger partial charge in [0.25, 0.3) is 0 Å². The Morgan fingerprint density at radius 2 is 0.915 bits per heavy atom. The lowest BCUT2D eigenvalue weighted by molar-refractivity contribution is -0.169. The summed E-state index contributed by atoms with van der Waals surface area (Å²) < 4.78 is 11.7. The van der Waals surface area contributed by atoms with E-state index in [1.165, 1.54) is 141 Å². The van der Waals surface area contributed by atoms with Crippen LogP contribution < -0.4 is 5.32 Å². The molecule has 1 aliphatic rings. The van der Waals surface area contributed by atoms with Gasteiger partial charge in [-0.2, -0.15) is 0 Å². The van der Waals surface area contributed by atoms with E-state index in [-0.39, 0.29) is 47.3 Å². The summed E-state index contributed by atoms with van der Waals surface area (Å²) in [6, 6.07) is 0.00323. The average Bonchev–Trinajstić information content (AvgIpc) is 3.05. The van der Waals surface area contributed by atoms with E-state index >= 15 is 0 Å². The molecule has 3 unspecified atom stereocenters. The van der Waals surface area contributed by atoms with Crippen molar-refractivity contribution in [2.24, 2.45) is 0 Å². The maximum atomic E-state index is 12.6. The highest BCUT2D eigenvalue weighted by Gasteiger charge is 2.34. The van der Waals surface area contributed by atoms with E-state index < -0.39 is 0 Å². The number of rotatable bonds is 32. The molecule has 280 valence electrons. The average molecular weight is 732 g/mol. The van der Waals surface area contributed by atoms with Gasteiger partial charge in [-0.05, 0) is 26.7 Å². The topological polar surface area (TPSA) is 67.9 Å². The second-order valence-corrected chi connectivity index (χ2v) is 14.3. The first-order valence-electron chi connectivity index (χ1n) is 20.3. The van der Waals surface area contributed by atoms with Crippen molar-refractivity contribution in [2.45, 2.75) is 226 Å². The number of esters is 2. The molecule has 0 amide bonds. The number of carbonyl (C=O) groups is 2. The summed E-state index contributed by atoms with van der Waals surface area (Å²) in [7, 11) is 0. The molecule has 0 aromatic rings. The molecule has 0 aromatic carbocycles. The quantitative estimate of drug-likeness (QED) is 0.0549. The third-order valence-electron chi connectivity index (χ3n) is 9.92. The fraction of sp³-hybridized carbons (Fsp3) is 0.950. The molecule has 0 spiro atoms. The summed E-state index contributed by atoms with van der Waals surface area (Å²) in [6.07, 6.45) is 34.1. The summed E-state index contributed by atoms with van der Waals surface area (Å²) in [5.41, 5.74) is 0. The van der Waals surface area contributed by atoms with Crippen molar-refractivity contribution in [2.75, 3.05) is 19.6 Å². The largest absolute Gasteiger partial charge is 0.461 e. The van der Waals surface area contributed by atoms with Gasteiger partial charge in [0, 0.05) is 32.5 Å². The molecule has 1 saturated heterocycles. The Labute approximate surface area is 302 Å². The molecule has 1 fully saturated rings. The number of nitrogens with zero attached hydrogens (tertiary/aromatic N) is 1. The van der Waals surface area contributed by atoms with Gasteiger partial charge in [0.2, 0.25) is 0 Å². The van der Waals surface area contributed by atoms with Crippen molar-refractivity contribution in [3.8, 4) is 0 Å². The molecule has 47 heavy (non-hydrogen) atoms. The fourth-order valence-electron chi connectivity index (χ4n) is 6.86. The van der Waals surface area contributed by atoms with E-state index in [0.717, 1.165) is 45.3 Å². The zero-order chi connectivity index (χ0) is 33.5. The Balaban J connectivity index is 0.0000212. The highest BCUT2D eigenvalue weighted by atomic mass is 79.9. The molecule has 1 N–H and O–H groups in total. The second kappa shape index (κ2) is 33.8. The molecule has 0 aliphatic carbocycles. The van der Waals surface area contributed by atoms with Crippen molar-refractivity contribution < 1.29 is 19.1 Å². The minimum atomic E-state index is -0.316. The summed E-state index contributed by atoms with van der Waals surface area (Å²) in [5.74, 6) is -0.215. The number of nitrogens with one attached hydrogen (secondary N) is 1. The van der Waals surface area contributed by atoms with Crippen molar-refractivity contribution in [1.82, 2.24) is 10.2 Å². The van der Waals surface area contributed by atoms with Gasteiger partial charge < -0.3 is 14.8 Å². The first kappa shape index (κ1) is 46.3. The molecule has 0 saturated carbocycles. The lowest BCUT2D eigenvalue weighted by Gasteiger charge is -2.41. The Bertz CT molecular complexity index is 652. The SMILES string of the molecule is Br.CCCCCCCCCCCCCCCC(=O)OC(C)C1CNCCN1C(C)OC(=O)CCCCCCCCCCCCCCC. The molecule has 0 bridgehead atoms. The minimum Gasteiger partial charge on any atom is -0.461 e. The maximum Gasteiger partial charge on any atom is 0.307 e. The Morgan fingerprint density at radius 3 is 1.30 bits per heavy atom. The van der Waals surface area contributed by atoms with Crippen LogP contribution in [0.25, 0.3) is 0 Å². The van der Waals surface area contributed by atoms with Gasteiger partial charge in [0.15, 0.2) is 6.23 Å². The number of halogens is 1. The van der Waals surface area contributed by atoms with Crippen LogP contribution in [-0.4, -0.2) is 54.8 Å². The fourth-order valence-corrected chi connectivity index (χ4v) is 6.86. The molecular formula is C40H79BrN2O4. The molecule has 7 heteroatoms. The number of hydrogen-bond donors (Lipinski definition) is 1. The van der Waals surface area contributed by atoms with Gasteiger partial charge in [-0.25, -0.2) is 0 Å². The summed E-state index contributed by atoms with van der Waals surface area (Å²) in [5, 5.41) is 3.43. The molecular weight excluding hydrogens is 652 g/mol. The summed E-state index contributed by atoms with van der Waals surface area (Å²) >= 11 is 0. The first-order chi connectivity index (χ1) is 22.5. The highest BCUT2D eigenvalue weighted by Crippen LogP contribution is 2.19. The van der Waals surface area contributed by atoms with Crippen molar-refractivity contribution in [3.05, 3.63) is 0 Å². The first-order valence-corrected chi connectivity index (χ1v) is 20.3. The van der Waals surface area contributed by atoms with Crippen LogP contribution in [-0.2, 0) is 19.1 Å². The molecule has 1 aliphatic heterocycles. The predicted octanol–water partition coefficient (Wildman–Crippen LogP) is 11.6. The smallest absolute Gasteiger partial charge is 0.307 e. The Morgan fingerprint density at radius 1 is 0.574 bits per heavy atom. The zero-order valence-corrected chi connectivity index (χ0v) is 33.4. The summed E-state index contributed by atoms with van der Waals surface area (Å²) in [6.45, 7) is 10.8. The predicted molar refractivity (Wildman–Crippen MR) is 205 cm³/mol. The summed E-state index contributed by atoms with van der Waals surface area (Å²) in [4.78, 5) is 27.4. The molecule has 1 heterocycles. The van der Waals surface area contributed by atoms with Gasteiger partial charge in [-0.3, -0.25) is 14.5 Å². The Hall–Kier alpha value is -0.660. The van der Waals surface area contributed by atoms with Gasteiger partial charge in [0.1, 0.15) is 6.10 Å². The second-order valence-electron chi connectivity index (χ2n) is 14.3. The normalized spacial score (nSPS) is 16.4. The molecule has 0 radical (unpaired) electrons. The van der Waals surface area contributed by atoms with E-state index in [9.17, 15) is 9.59 Å². The monoisotopic (exact) mass is 731 g/mol. The van der Waals surface area contributed by atoms with Crippen LogP contribution in [0.1, 0.15) is 207 Å². The van der Waals surface area contributed by atoms with Crippen LogP contribution in [0.4, 0.5) is 0 Å². The zero-order valence-electron chi connectivity index (χ0n) is 31.6. The standard InChI is InChI=1S/C40H78N2O4.BrH/c1-5-7-9-11-13-15-17-19-21-23-25-27-29-31-39(43)45-36(3)38-35-41-33-34-42(38)37(4)46-40(44)32-30-28-26-24-22-20-18-16-14-12-10-8-6-2;/h36-38,41H,5-35H2,1-4H3;1H. The van der Waals surface area contributed by atoms with Crippen molar-refractivity contribution >= 4 is 28.9 Å². The van der Waals surface area contributed by atoms with E-state index in [1.807, 2.05) is 13.8 Å². The van der Waals surface area contributed by atoms with Crippen LogP contribution in [0.5, 0.6) is 0 Å². The van der Waals surface area contributed by atoms with Crippen LogP contribution in [0.2, 0.25) is 0 Å². The molecule has 0 aromatic heterocycles. The van der Waals surface area contributed by atoms with Crippen molar-refractivity contribution in [1.29, 1.82) is 0 Å². The highest BCUT2D eigenvalue weighted by molar-refractivity contribution is 8.93. The minimum absolute atomic E-state index is 0. The Kier molecular flexibility index (Phi) is 33.3. The molecule has 6 nitrogen and oxygen atoms in total. The molecule has 3 atom stereocenters. The van der Waals surface area contributed by atoms with Gasteiger partial charge >= 0.3 is 11.9 Å². The third-order valence-corrected chi connectivity index (χ3v) is 9.92. The van der Waals surface area contributed by atoms with Crippen LogP contribution >= 0.6 is 17.0 Å². The molecule has 1 rings (SSSR count). The van der Waals surface area contributed by atoms with Gasteiger partial charge in [0.05, 0.1) is 6.04 Å². The number of carbonyl (C=O) groups excluding carboxylic acids is 2. The van der Waals surface area contributed by atoms with E-state index in [0.29, 0.717) is 12.8 Å². The van der Waals surface area contributed by atoms with E-state index in [4.69, 9.17) is 9.47 Å². The van der Waals surface area contributed by atoms with Crippen LogP contribution in [0.3, 0.4) is 0 Å². The number of unbranched alkanes of at least 4 members (excludes halogenated alkanes) is 24. The van der Waals surface area contributed by atoms with E-state index in [1.54, 1.807) is 0 Å². The number of ether oxygens (including phenoxy) is 2.